The lowest BCUT2D eigenvalue weighted by atomic mass is 10.0. The number of piperidine rings is 1. The molecule has 11 nitrogen and oxygen atoms in total. The number of rotatable bonds is 5. The maximum absolute atomic E-state index is 13.0. The van der Waals surface area contributed by atoms with Crippen molar-refractivity contribution in [3.63, 3.8) is 0 Å². The first-order chi connectivity index (χ1) is 17.4. The van der Waals surface area contributed by atoms with Crippen LogP contribution in [0.3, 0.4) is 0 Å². The summed E-state index contributed by atoms with van der Waals surface area (Å²) >= 11 is 0. The molecule has 36 heavy (non-hydrogen) atoms. The average Bonchev–Trinajstić information content (AvgIpc) is 3.26. The minimum atomic E-state index is -0.910. The Hall–Kier alpha value is -4.28. The Morgan fingerprint density at radius 1 is 1.17 bits per heavy atom. The molecule has 1 aromatic heterocycles. The molecule has 5 rings (SSSR count). The molecule has 3 heterocycles. The highest BCUT2D eigenvalue weighted by Crippen LogP contribution is 2.27. The topological polar surface area (TPSA) is 137 Å². The Bertz CT molecular complexity index is 1360. The Morgan fingerprint density at radius 3 is 2.72 bits per heavy atom. The molecule has 0 radical (unpaired) electrons. The number of ether oxygens (including phenoxy) is 1. The van der Waals surface area contributed by atoms with Gasteiger partial charge in [0.25, 0.3) is 0 Å². The fourth-order valence-electron chi connectivity index (χ4n) is 4.83. The van der Waals surface area contributed by atoms with E-state index in [0.717, 1.165) is 11.3 Å². The SMILES string of the molecule is COC(=O)C(Cc1ccc2[nH]c(=O)oc2c1)NC(=O)N1CCC(N2Cc3ccccc3NC2=O)CC1. The van der Waals surface area contributed by atoms with Gasteiger partial charge >= 0.3 is 23.8 Å². The van der Waals surface area contributed by atoms with Gasteiger partial charge < -0.3 is 29.6 Å². The van der Waals surface area contributed by atoms with Gasteiger partial charge in [0.15, 0.2) is 5.58 Å². The van der Waals surface area contributed by atoms with Crippen molar-refractivity contribution in [1.82, 2.24) is 20.1 Å². The van der Waals surface area contributed by atoms with E-state index in [0.29, 0.717) is 49.1 Å². The van der Waals surface area contributed by atoms with Crippen LogP contribution in [0.1, 0.15) is 24.0 Å². The molecule has 1 atom stereocenters. The normalized spacial score (nSPS) is 16.9. The number of H-pyrrole nitrogens is 1. The molecule has 3 N–H and O–H groups in total. The zero-order valence-corrected chi connectivity index (χ0v) is 19.8. The van der Waals surface area contributed by atoms with Crippen LogP contribution in [0.5, 0.6) is 0 Å². The number of hydrogen-bond donors (Lipinski definition) is 3. The van der Waals surface area contributed by atoms with E-state index in [2.05, 4.69) is 15.6 Å². The van der Waals surface area contributed by atoms with E-state index in [1.807, 2.05) is 29.2 Å². The maximum Gasteiger partial charge on any atom is 0.417 e. The number of likely N-dealkylation sites (tertiary alicyclic amines) is 1. The molecule has 0 bridgehead atoms. The lowest BCUT2D eigenvalue weighted by Gasteiger charge is -2.40. The predicted molar refractivity (Wildman–Crippen MR) is 130 cm³/mol. The van der Waals surface area contributed by atoms with Crippen LogP contribution < -0.4 is 16.4 Å². The number of urea groups is 2. The van der Waals surface area contributed by atoms with Gasteiger partial charge in [-0.3, -0.25) is 4.98 Å². The smallest absolute Gasteiger partial charge is 0.417 e. The minimum absolute atomic E-state index is 0.0153. The third-order valence-electron chi connectivity index (χ3n) is 6.76. The monoisotopic (exact) mass is 493 g/mol. The van der Waals surface area contributed by atoms with Crippen molar-refractivity contribution in [3.8, 4) is 0 Å². The molecule has 1 unspecified atom stereocenters. The number of esters is 1. The molecular formula is C25H27N5O6. The number of fused-ring (bicyclic) bond motifs is 2. The van der Waals surface area contributed by atoms with Gasteiger partial charge in [-0.2, -0.15) is 0 Å². The molecule has 2 aliphatic rings. The second-order valence-corrected chi connectivity index (χ2v) is 9.01. The van der Waals surface area contributed by atoms with Gasteiger partial charge in [-0.25, -0.2) is 19.2 Å². The number of para-hydroxylation sites is 1. The third kappa shape index (κ3) is 4.77. The van der Waals surface area contributed by atoms with Crippen LogP contribution >= 0.6 is 0 Å². The number of carbonyl (C=O) groups excluding carboxylic acids is 3. The van der Waals surface area contributed by atoms with Gasteiger partial charge in [0.2, 0.25) is 0 Å². The minimum Gasteiger partial charge on any atom is -0.467 e. The van der Waals surface area contributed by atoms with E-state index >= 15 is 0 Å². The fourth-order valence-corrected chi connectivity index (χ4v) is 4.83. The van der Waals surface area contributed by atoms with Gasteiger partial charge in [0, 0.05) is 37.8 Å². The molecule has 0 aliphatic carbocycles. The largest absolute Gasteiger partial charge is 0.467 e. The molecule has 188 valence electrons. The molecule has 2 aromatic carbocycles. The summed E-state index contributed by atoms with van der Waals surface area (Å²) in [5.74, 6) is -1.13. The van der Waals surface area contributed by atoms with Crippen LogP contribution in [0.25, 0.3) is 11.1 Å². The van der Waals surface area contributed by atoms with Crippen LogP contribution in [-0.4, -0.2) is 65.1 Å². The number of aromatic amines is 1. The molecule has 4 amide bonds. The van der Waals surface area contributed by atoms with Crippen molar-refractivity contribution in [2.24, 2.45) is 0 Å². The van der Waals surface area contributed by atoms with E-state index in [1.165, 1.54) is 7.11 Å². The Balaban J connectivity index is 1.20. The van der Waals surface area contributed by atoms with Crippen molar-refractivity contribution in [3.05, 3.63) is 64.1 Å². The number of nitrogens with zero attached hydrogens (tertiary/aromatic N) is 2. The predicted octanol–water partition coefficient (Wildman–Crippen LogP) is 2.43. The van der Waals surface area contributed by atoms with Crippen molar-refractivity contribution in [1.29, 1.82) is 0 Å². The van der Waals surface area contributed by atoms with E-state index in [1.54, 1.807) is 23.1 Å². The summed E-state index contributed by atoms with van der Waals surface area (Å²) in [5.41, 5.74) is 3.53. The van der Waals surface area contributed by atoms with Gasteiger partial charge in [-0.1, -0.05) is 24.3 Å². The Kier molecular flexibility index (Phi) is 6.36. The molecular weight excluding hydrogens is 466 g/mol. The molecule has 3 aromatic rings. The van der Waals surface area contributed by atoms with E-state index in [4.69, 9.17) is 9.15 Å². The molecule has 1 saturated heterocycles. The second-order valence-electron chi connectivity index (χ2n) is 9.01. The molecule has 0 spiro atoms. The highest BCUT2D eigenvalue weighted by molar-refractivity contribution is 5.92. The number of benzene rings is 2. The second kappa shape index (κ2) is 9.76. The standard InChI is InChI=1S/C25H27N5O6/c1-35-22(31)20(12-15-6-7-19-21(13-15)36-25(34)28-19)27-23(32)29-10-8-17(9-11-29)30-14-16-4-2-3-5-18(16)26-24(30)33/h2-7,13,17,20H,8-12,14H2,1H3,(H,26,33)(H,27,32)(H,28,34). The number of hydrogen-bond acceptors (Lipinski definition) is 6. The molecule has 11 heteroatoms. The van der Waals surface area contributed by atoms with Crippen molar-refractivity contribution < 1.29 is 23.5 Å². The average molecular weight is 494 g/mol. The van der Waals surface area contributed by atoms with Gasteiger partial charge in [-0.15, -0.1) is 0 Å². The third-order valence-corrected chi connectivity index (χ3v) is 6.76. The van der Waals surface area contributed by atoms with Crippen LogP contribution in [0.15, 0.2) is 51.7 Å². The van der Waals surface area contributed by atoms with Gasteiger partial charge in [0.05, 0.1) is 12.6 Å². The molecule has 2 aliphatic heterocycles. The summed E-state index contributed by atoms with van der Waals surface area (Å²) in [4.78, 5) is 55.5. The summed E-state index contributed by atoms with van der Waals surface area (Å²) in [6, 6.07) is 11.4. The quantitative estimate of drug-likeness (QED) is 0.467. The van der Waals surface area contributed by atoms with Crippen molar-refractivity contribution >= 4 is 34.8 Å². The van der Waals surface area contributed by atoms with E-state index < -0.39 is 17.8 Å². The maximum atomic E-state index is 13.0. The van der Waals surface area contributed by atoms with Crippen LogP contribution in [0.4, 0.5) is 15.3 Å². The summed E-state index contributed by atoms with van der Waals surface area (Å²) in [5, 5.41) is 5.71. The number of oxazole rings is 1. The van der Waals surface area contributed by atoms with E-state index in [9.17, 15) is 19.2 Å². The Labute approximate surface area is 206 Å². The number of anilines is 1. The van der Waals surface area contributed by atoms with Crippen LogP contribution in [0, 0.1) is 0 Å². The highest BCUT2D eigenvalue weighted by Gasteiger charge is 2.33. The zero-order valence-electron chi connectivity index (χ0n) is 19.8. The van der Waals surface area contributed by atoms with Crippen molar-refractivity contribution in [2.45, 2.75) is 37.9 Å². The highest BCUT2D eigenvalue weighted by atomic mass is 16.5. The number of aromatic nitrogens is 1. The van der Waals surface area contributed by atoms with Crippen LogP contribution in [-0.2, 0) is 22.5 Å². The lowest BCUT2D eigenvalue weighted by molar-refractivity contribution is -0.142. The number of methoxy groups -OCH3 is 1. The first-order valence-corrected chi connectivity index (χ1v) is 11.8. The van der Waals surface area contributed by atoms with Crippen molar-refractivity contribution in [2.75, 3.05) is 25.5 Å². The number of nitrogens with one attached hydrogen (secondary N) is 3. The summed E-state index contributed by atoms with van der Waals surface area (Å²) in [6.45, 7) is 1.45. The summed E-state index contributed by atoms with van der Waals surface area (Å²) < 4.78 is 9.98. The number of amides is 4. The molecule has 1 fully saturated rings. The first kappa shape index (κ1) is 23.5. The van der Waals surface area contributed by atoms with Crippen LogP contribution in [0.2, 0.25) is 0 Å². The molecule has 0 saturated carbocycles. The zero-order chi connectivity index (χ0) is 25.2. The van der Waals surface area contributed by atoms with Gasteiger partial charge in [-0.05, 0) is 42.2 Å². The first-order valence-electron chi connectivity index (χ1n) is 11.8. The van der Waals surface area contributed by atoms with Gasteiger partial charge in [0.1, 0.15) is 6.04 Å². The fraction of sp³-hybridized carbons (Fsp3) is 0.360. The number of carbonyl (C=O) groups is 3. The Morgan fingerprint density at radius 2 is 1.94 bits per heavy atom. The summed E-state index contributed by atoms with van der Waals surface area (Å²) in [7, 11) is 1.27. The lowest BCUT2D eigenvalue weighted by Crippen LogP contribution is -2.54. The van der Waals surface area contributed by atoms with E-state index in [-0.39, 0.29) is 24.5 Å². The summed E-state index contributed by atoms with van der Waals surface area (Å²) in [6.07, 6.45) is 1.44.